The fourth-order valence-corrected chi connectivity index (χ4v) is 6.30. The van der Waals surface area contributed by atoms with Crippen LogP contribution in [0.5, 0.6) is 0 Å². The number of rotatable bonds is 6. The zero-order chi connectivity index (χ0) is 30.8. The van der Waals surface area contributed by atoms with Crippen molar-refractivity contribution in [3.05, 3.63) is 100 Å². The van der Waals surface area contributed by atoms with Gasteiger partial charge in [0.15, 0.2) is 5.78 Å². The summed E-state index contributed by atoms with van der Waals surface area (Å²) in [5, 5.41) is 13.9. The molecule has 0 aliphatic heterocycles. The summed E-state index contributed by atoms with van der Waals surface area (Å²) in [6.45, 7) is 3.74. The van der Waals surface area contributed by atoms with Crippen molar-refractivity contribution in [2.45, 2.75) is 51.7 Å². The van der Waals surface area contributed by atoms with E-state index < -0.39 is 17.1 Å². The third-order valence-electron chi connectivity index (χ3n) is 8.59. The summed E-state index contributed by atoms with van der Waals surface area (Å²) in [7, 11) is 0. The maximum atomic E-state index is 13.9. The second kappa shape index (κ2) is 9.99. The minimum Gasteiger partial charge on any atom is -0.389 e. The van der Waals surface area contributed by atoms with Crippen LogP contribution in [0.25, 0.3) is 27.8 Å². The average molecular weight is 589 g/mol. The SMILES string of the molecule is CC(C)(O)Cn1cc(-c2ccc(NC(=O)c3cc4c(n(-c5ccccc5)c3=O)CC3(CC3)CC4=O)cc2)c2c(N)ncnc21. The number of benzene rings is 2. The molecule has 5 aromatic rings. The molecule has 7 rings (SSSR count). The highest BCUT2D eigenvalue weighted by molar-refractivity contribution is 6.07. The first-order valence-corrected chi connectivity index (χ1v) is 14.6. The number of nitrogens with zero attached hydrogens (tertiary/aromatic N) is 4. The Balaban J connectivity index is 1.23. The lowest BCUT2D eigenvalue weighted by Gasteiger charge is -2.27. The maximum absolute atomic E-state index is 13.9. The molecular formula is C34H32N6O4. The molecule has 222 valence electrons. The van der Waals surface area contributed by atoms with E-state index in [9.17, 15) is 19.5 Å². The molecule has 1 saturated carbocycles. The first-order valence-electron chi connectivity index (χ1n) is 14.6. The van der Waals surface area contributed by atoms with E-state index in [1.807, 2.05) is 53.2 Å². The topological polar surface area (TPSA) is 145 Å². The third-order valence-corrected chi connectivity index (χ3v) is 8.59. The molecule has 4 N–H and O–H groups in total. The van der Waals surface area contributed by atoms with E-state index in [0.717, 1.165) is 24.0 Å². The van der Waals surface area contributed by atoms with Gasteiger partial charge in [-0.3, -0.25) is 19.0 Å². The van der Waals surface area contributed by atoms with Crippen molar-refractivity contribution >= 4 is 34.2 Å². The van der Waals surface area contributed by atoms with Gasteiger partial charge in [-0.05, 0) is 74.4 Å². The lowest BCUT2D eigenvalue weighted by Crippen LogP contribution is -2.35. The number of fused-ring (bicyclic) bond motifs is 2. The smallest absolute Gasteiger partial charge is 0.268 e. The fourth-order valence-electron chi connectivity index (χ4n) is 6.30. The Morgan fingerprint density at radius 1 is 1.02 bits per heavy atom. The van der Waals surface area contributed by atoms with Gasteiger partial charge in [0.2, 0.25) is 0 Å². The largest absolute Gasteiger partial charge is 0.389 e. The van der Waals surface area contributed by atoms with Gasteiger partial charge >= 0.3 is 0 Å². The minimum absolute atomic E-state index is 0.0289. The Morgan fingerprint density at radius 2 is 1.75 bits per heavy atom. The predicted octanol–water partition coefficient (Wildman–Crippen LogP) is 4.76. The van der Waals surface area contributed by atoms with E-state index in [1.54, 1.807) is 30.5 Å². The number of para-hydroxylation sites is 1. The van der Waals surface area contributed by atoms with Gasteiger partial charge < -0.3 is 20.7 Å². The van der Waals surface area contributed by atoms with Crippen LogP contribution in [0.1, 0.15) is 59.5 Å². The second-order valence-electron chi connectivity index (χ2n) is 12.6. The molecule has 44 heavy (non-hydrogen) atoms. The average Bonchev–Trinajstić information content (AvgIpc) is 3.62. The molecule has 1 spiro atoms. The van der Waals surface area contributed by atoms with Crippen LogP contribution in [0.4, 0.5) is 11.5 Å². The summed E-state index contributed by atoms with van der Waals surface area (Å²) < 4.78 is 3.39. The zero-order valence-electron chi connectivity index (χ0n) is 24.5. The number of aliphatic hydroxyl groups is 1. The molecule has 2 aromatic carbocycles. The van der Waals surface area contributed by atoms with Crippen molar-refractivity contribution < 1.29 is 14.7 Å². The maximum Gasteiger partial charge on any atom is 0.268 e. The molecule has 3 heterocycles. The highest BCUT2D eigenvalue weighted by Gasteiger charge is 2.49. The standard InChI is InChI=1S/C34H32N6O4/c1-33(2,44)18-39-17-25(28-29(35)36-19-37-30(28)39)20-8-10-21(11-9-20)38-31(42)24-14-23-26(15-34(12-13-34)16-27(23)41)40(32(24)43)22-6-4-3-5-7-22/h3-11,14,17,19,44H,12-13,15-16,18H2,1-2H3,(H,38,42)(H2,35,36,37). The molecule has 0 saturated heterocycles. The highest BCUT2D eigenvalue weighted by Crippen LogP contribution is 2.54. The molecule has 0 bridgehead atoms. The van der Waals surface area contributed by atoms with Crippen molar-refractivity contribution in [2.75, 3.05) is 11.1 Å². The van der Waals surface area contributed by atoms with Crippen LogP contribution < -0.4 is 16.6 Å². The molecule has 2 aliphatic carbocycles. The van der Waals surface area contributed by atoms with Crippen LogP contribution in [-0.2, 0) is 13.0 Å². The van der Waals surface area contributed by atoms with Crippen LogP contribution in [0.15, 0.2) is 78.0 Å². The summed E-state index contributed by atoms with van der Waals surface area (Å²) in [4.78, 5) is 49.2. The van der Waals surface area contributed by atoms with Crippen LogP contribution in [0.2, 0.25) is 0 Å². The molecule has 2 aliphatic rings. The number of hydrogen-bond donors (Lipinski definition) is 3. The van der Waals surface area contributed by atoms with E-state index in [4.69, 9.17) is 5.73 Å². The van der Waals surface area contributed by atoms with E-state index in [-0.39, 0.29) is 16.8 Å². The van der Waals surface area contributed by atoms with Crippen LogP contribution in [-0.4, -0.2) is 41.5 Å². The number of anilines is 2. The van der Waals surface area contributed by atoms with Gasteiger partial charge in [-0.2, -0.15) is 0 Å². The van der Waals surface area contributed by atoms with E-state index in [1.165, 1.54) is 12.4 Å². The minimum atomic E-state index is -0.975. The molecule has 3 aromatic heterocycles. The molecule has 0 unspecified atom stereocenters. The number of hydrogen-bond acceptors (Lipinski definition) is 7. The Bertz CT molecular complexity index is 2020. The molecule has 1 fully saturated rings. The quantitative estimate of drug-likeness (QED) is 0.259. The van der Waals surface area contributed by atoms with Gasteiger partial charge in [0.05, 0.1) is 17.5 Å². The number of carbonyl (C=O) groups is 2. The second-order valence-corrected chi connectivity index (χ2v) is 12.6. The molecule has 0 atom stereocenters. The van der Waals surface area contributed by atoms with Crippen molar-refractivity contribution in [1.29, 1.82) is 0 Å². The number of Topliss-reactive ketones (excluding diaryl/α,β-unsaturated/α-hetero) is 1. The van der Waals surface area contributed by atoms with E-state index >= 15 is 0 Å². The summed E-state index contributed by atoms with van der Waals surface area (Å²) >= 11 is 0. The van der Waals surface area contributed by atoms with Crippen molar-refractivity contribution in [3.8, 4) is 16.8 Å². The van der Waals surface area contributed by atoms with Crippen molar-refractivity contribution in [2.24, 2.45) is 5.41 Å². The van der Waals surface area contributed by atoms with E-state index in [0.29, 0.717) is 58.9 Å². The number of carbonyl (C=O) groups excluding carboxylic acids is 2. The highest BCUT2D eigenvalue weighted by atomic mass is 16.3. The summed E-state index contributed by atoms with van der Waals surface area (Å²) in [5.41, 5.74) is 9.10. The third kappa shape index (κ3) is 4.87. The predicted molar refractivity (Wildman–Crippen MR) is 168 cm³/mol. The normalized spacial score (nSPS) is 15.4. The van der Waals surface area contributed by atoms with Gasteiger partial charge in [-0.1, -0.05) is 30.3 Å². The Morgan fingerprint density at radius 3 is 2.43 bits per heavy atom. The number of nitrogen functional groups attached to an aromatic ring is 1. The van der Waals surface area contributed by atoms with Crippen LogP contribution >= 0.6 is 0 Å². The summed E-state index contributed by atoms with van der Waals surface area (Å²) in [6, 6.07) is 17.8. The molecule has 1 amide bonds. The summed E-state index contributed by atoms with van der Waals surface area (Å²) in [6.07, 6.45) is 6.30. The van der Waals surface area contributed by atoms with Gasteiger partial charge in [0, 0.05) is 40.8 Å². The Kier molecular flexibility index (Phi) is 6.29. The fraction of sp³-hybridized carbons (Fsp3) is 0.265. The monoisotopic (exact) mass is 588 g/mol. The Hall–Kier alpha value is -5.09. The van der Waals surface area contributed by atoms with Crippen LogP contribution in [0.3, 0.4) is 0 Å². The molecule has 10 heteroatoms. The first-order chi connectivity index (χ1) is 21.0. The Labute approximate surface area is 253 Å². The van der Waals surface area contributed by atoms with Crippen LogP contribution in [0, 0.1) is 5.41 Å². The van der Waals surface area contributed by atoms with Gasteiger partial charge in [0.1, 0.15) is 23.4 Å². The number of nitrogens with one attached hydrogen (secondary N) is 1. The zero-order valence-corrected chi connectivity index (χ0v) is 24.5. The number of amides is 1. The number of pyridine rings is 1. The van der Waals surface area contributed by atoms with Gasteiger partial charge in [-0.25, -0.2) is 9.97 Å². The van der Waals surface area contributed by atoms with Gasteiger partial charge in [0.25, 0.3) is 11.5 Å². The lowest BCUT2D eigenvalue weighted by molar-refractivity contribution is 0.0627. The summed E-state index contributed by atoms with van der Waals surface area (Å²) in [5.74, 6) is -0.297. The number of nitrogens with two attached hydrogens (primary N) is 1. The van der Waals surface area contributed by atoms with Crippen molar-refractivity contribution in [1.82, 2.24) is 19.1 Å². The molecular weight excluding hydrogens is 556 g/mol. The van der Waals surface area contributed by atoms with E-state index in [2.05, 4.69) is 15.3 Å². The number of ketones is 1. The van der Waals surface area contributed by atoms with Gasteiger partial charge in [-0.15, -0.1) is 0 Å². The van der Waals surface area contributed by atoms with Crippen molar-refractivity contribution in [3.63, 3.8) is 0 Å². The molecule has 0 radical (unpaired) electrons. The molecule has 10 nitrogen and oxygen atoms in total. The number of aromatic nitrogens is 4. The lowest BCUT2D eigenvalue weighted by atomic mass is 9.82. The first kappa shape index (κ1) is 27.7.